The predicted molar refractivity (Wildman–Crippen MR) is 111 cm³/mol. The number of fused-ring (bicyclic) bond motifs is 1. The molecule has 0 radical (unpaired) electrons. The van der Waals surface area contributed by atoms with Crippen molar-refractivity contribution in [2.45, 2.75) is 4.90 Å². The predicted octanol–water partition coefficient (Wildman–Crippen LogP) is 3.05. The highest BCUT2D eigenvalue weighted by Crippen LogP contribution is 2.23. The minimum atomic E-state index is -4.06. The second-order valence-electron chi connectivity index (χ2n) is 6.40. The molecule has 0 bridgehead atoms. The van der Waals surface area contributed by atoms with E-state index in [1.807, 2.05) is 0 Å². The summed E-state index contributed by atoms with van der Waals surface area (Å²) in [6, 6.07) is 15.5. The zero-order valence-corrected chi connectivity index (χ0v) is 16.1. The highest BCUT2D eigenvalue weighted by Gasteiger charge is 2.19. The molecule has 0 fully saturated rings. The zero-order valence-electron chi connectivity index (χ0n) is 15.3. The summed E-state index contributed by atoms with van der Waals surface area (Å²) >= 11 is 0. The fraction of sp³-hybridized carbons (Fsp3) is 0. The minimum absolute atomic E-state index is 0.0501. The van der Waals surface area contributed by atoms with Gasteiger partial charge in [-0.3, -0.25) is 9.52 Å². The van der Waals surface area contributed by atoms with Crippen molar-refractivity contribution >= 4 is 38.3 Å². The van der Waals surface area contributed by atoms with Crippen LogP contribution in [0, 0.1) is 5.82 Å². The van der Waals surface area contributed by atoms with Crippen LogP contribution in [0.2, 0.25) is 0 Å². The summed E-state index contributed by atoms with van der Waals surface area (Å²) < 4.78 is 41.4. The Morgan fingerprint density at radius 1 is 0.900 bits per heavy atom. The van der Waals surface area contributed by atoms with Crippen molar-refractivity contribution in [2.75, 3.05) is 10.0 Å². The van der Waals surface area contributed by atoms with Crippen LogP contribution in [0.25, 0.3) is 11.0 Å². The molecule has 0 spiro atoms. The highest BCUT2D eigenvalue weighted by molar-refractivity contribution is 7.92. The van der Waals surface area contributed by atoms with Crippen molar-refractivity contribution < 1.29 is 17.6 Å². The van der Waals surface area contributed by atoms with Crippen LogP contribution in [-0.4, -0.2) is 24.3 Å². The van der Waals surface area contributed by atoms with Gasteiger partial charge < -0.3 is 15.3 Å². The molecule has 0 atom stereocenters. The number of rotatable bonds is 5. The molecule has 0 aliphatic carbocycles. The maximum atomic E-state index is 13.4. The van der Waals surface area contributed by atoms with Crippen molar-refractivity contribution in [2.24, 2.45) is 0 Å². The maximum absolute atomic E-state index is 13.4. The normalized spacial score (nSPS) is 11.4. The molecule has 152 valence electrons. The number of amides is 1. The summed E-state index contributed by atoms with van der Waals surface area (Å²) in [5.41, 5.74) is 0.691. The summed E-state index contributed by atoms with van der Waals surface area (Å²) in [6.07, 6.45) is 0. The Morgan fingerprint density at radius 3 is 2.47 bits per heavy atom. The largest absolute Gasteiger partial charge is 0.323 e. The molecule has 0 aliphatic heterocycles. The summed E-state index contributed by atoms with van der Waals surface area (Å²) in [7, 11) is -4.06. The molecule has 10 heteroatoms. The average molecular weight is 426 g/mol. The molecule has 0 aliphatic rings. The number of benzene rings is 3. The third kappa shape index (κ3) is 3.94. The van der Waals surface area contributed by atoms with Crippen LogP contribution in [-0.2, 0) is 10.0 Å². The molecule has 4 rings (SSSR count). The topological polar surface area (TPSA) is 124 Å². The van der Waals surface area contributed by atoms with Gasteiger partial charge in [-0.05, 0) is 48.5 Å². The van der Waals surface area contributed by atoms with Crippen LogP contribution in [0.15, 0.2) is 76.4 Å². The molecular weight excluding hydrogens is 411 g/mol. The van der Waals surface area contributed by atoms with Gasteiger partial charge in [0.05, 0.1) is 27.2 Å². The van der Waals surface area contributed by atoms with E-state index in [1.165, 1.54) is 48.5 Å². The Hall–Kier alpha value is -3.92. The van der Waals surface area contributed by atoms with Gasteiger partial charge in [-0.1, -0.05) is 18.2 Å². The van der Waals surface area contributed by atoms with Gasteiger partial charge in [0.15, 0.2) is 0 Å². The molecule has 4 N–H and O–H groups in total. The first-order chi connectivity index (χ1) is 14.3. The number of carbonyl (C=O) groups excluding carboxylic acids is 1. The van der Waals surface area contributed by atoms with Crippen LogP contribution in [0.5, 0.6) is 0 Å². The Morgan fingerprint density at radius 2 is 1.67 bits per heavy atom. The van der Waals surface area contributed by atoms with E-state index in [0.29, 0.717) is 11.0 Å². The lowest BCUT2D eigenvalue weighted by Gasteiger charge is -2.13. The first-order valence-corrected chi connectivity index (χ1v) is 10.2. The molecule has 0 unspecified atom stereocenters. The van der Waals surface area contributed by atoms with E-state index in [4.69, 9.17) is 0 Å². The lowest BCUT2D eigenvalue weighted by Crippen LogP contribution is -2.18. The monoisotopic (exact) mass is 426 g/mol. The number of anilines is 2. The van der Waals surface area contributed by atoms with Gasteiger partial charge in [0, 0.05) is 5.69 Å². The summed E-state index contributed by atoms with van der Waals surface area (Å²) in [6.45, 7) is 0. The first-order valence-electron chi connectivity index (χ1n) is 8.73. The summed E-state index contributed by atoms with van der Waals surface area (Å²) in [5, 5.41) is 2.53. The van der Waals surface area contributed by atoms with Crippen LogP contribution in [0.4, 0.5) is 15.8 Å². The van der Waals surface area contributed by atoms with Gasteiger partial charge in [-0.2, -0.15) is 0 Å². The number of carbonyl (C=O) groups is 1. The van der Waals surface area contributed by atoms with E-state index in [0.717, 1.165) is 6.07 Å². The molecule has 1 amide bonds. The van der Waals surface area contributed by atoms with Gasteiger partial charge in [0.1, 0.15) is 5.82 Å². The van der Waals surface area contributed by atoms with E-state index in [2.05, 4.69) is 20.0 Å². The van der Waals surface area contributed by atoms with Crippen LogP contribution < -0.4 is 15.7 Å². The number of aromatic nitrogens is 2. The van der Waals surface area contributed by atoms with Crippen molar-refractivity contribution in [3.8, 4) is 0 Å². The standard InChI is InChI=1S/C20H15FN4O4S/c21-12-4-3-5-13(10-12)22-19(26)15-6-1-2-7-16(15)25-30(28,29)14-8-9-17-18(11-14)24-20(27)23-17/h1-11,25H,(H,22,26)(H2,23,24,27). The summed E-state index contributed by atoms with van der Waals surface area (Å²) in [5.74, 6) is -1.12. The zero-order chi connectivity index (χ0) is 21.3. The van der Waals surface area contributed by atoms with Crippen LogP contribution in [0.3, 0.4) is 0 Å². The molecule has 4 aromatic rings. The second-order valence-corrected chi connectivity index (χ2v) is 8.08. The molecule has 0 saturated carbocycles. The van der Waals surface area contributed by atoms with E-state index in [-0.39, 0.29) is 21.8 Å². The number of para-hydroxylation sites is 1. The lowest BCUT2D eigenvalue weighted by atomic mass is 10.1. The third-order valence-corrected chi connectivity index (χ3v) is 5.66. The highest BCUT2D eigenvalue weighted by atomic mass is 32.2. The lowest BCUT2D eigenvalue weighted by molar-refractivity contribution is 0.102. The molecule has 30 heavy (non-hydrogen) atoms. The number of halogens is 1. The Labute approximate surface area is 169 Å². The molecule has 1 heterocycles. The van der Waals surface area contributed by atoms with Gasteiger partial charge >= 0.3 is 5.69 Å². The quantitative estimate of drug-likeness (QED) is 0.392. The van der Waals surface area contributed by atoms with Crippen molar-refractivity contribution in [1.29, 1.82) is 0 Å². The molecular formula is C20H15FN4O4S. The number of hydrogen-bond acceptors (Lipinski definition) is 4. The smallest absolute Gasteiger partial charge is 0.322 e. The Bertz CT molecular complexity index is 1430. The van der Waals surface area contributed by atoms with Crippen LogP contribution in [0.1, 0.15) is 10.4 Å². The van der Waals surface area contributed by atoms with Gasteiger partial charge in [-0.15, -0.1) is 0 Å². The van der Waals surface area contributed by atoms with Crippen molar-refractivity contribution in [1.82, 2.24) is 9.97 Å². The van der Waals surface area contributed by atoms with E-state index < -0.39 is 27.4 Å². The van der Waals surface area contributed by atoms with Crippen molar-refractivity contribution in [3.05, 3.63) is 88.6 Å². The second kappa shape index (κ2) is 7.48. The molecule has 1 aromatic heterocycles. The number of aromatic amines is 2. The molecule has 3 aromatic carbocycles. The number of sulfonamides is 1. The Kier molecular flexibility index (Phi) is 4.84. The number of nitrogens with one attached hydrogen (secondary N) is 4. The third-order valence-electron chi connectivity index (χ3n) is 4.30. The van der Waals surface area contributed by atoms with E-state index in [9.17, 15) is 22.4 Å². The number of H-pyrrole nitrogens is 2. The number of hydrogen-bond donors (Lipinski definition) is 4. The molecule has 0 saturated heterocycles. The molecule has 8 nitrogen and oxygen atoms in total. The van der Waals surface area contributed by atoms with Gasteiger partial charge in [0.25, 0.3) is 15.9 Å². The minimum Gasteiger partial charge on any atom is -0.322 e. The average Bonchev–Trinajstić information content (AvgIpc) is 3.07. The van der Waals surface area contributed by atoms with Gasteiger partial charge in [0.2, 0.25) is 0 Å². The van der Waals surface area contributed by atoms with Crippen molar-refractivity contribution in [3.63, 3.8) is 0 Å². The SMILES string of the molecule is O=C(Nc1cccc(F)c1)c1ccccc1NS(=O)(=O)c1ccc2[nH]c(=O)[nH]c2c1. The number of imidazole rings is 1. The fourth-order valence-electron chi connectivity index (χ4n) is 2.92. The van der Waals surface area contributed by atoms with Gasteiger partial charge in [-0.25, -0.2) is 17.6 Å². The van der Waals surface area contributed by atoms with Crippen LogP contribution >= 0.6 is 0 Å². The van der Waals surface area contributed by atoms with E-state index >= 15 is 0 Å². The fourth-order valence-corrected chi connectivity index (χ4v) is 4.02. The summed E-state index contributed by atoms with van der Waals surface area (Å²) in [4.78, 5) is 29.0. The van der Waals surface area contributed by atoms with E-state index in [1.54, 1.807) is 12.1 Å². The maximum Gasteiger partial charge on any atom is 0.323 e. The Balaban J connectivity index is 1.64. The first kappa shape index (κ1) is 19.4.